The van der Waals surface area contributed by atoms with Crippen molar-refractivity contribution in [3.05, 3.63) is 29.1 Å². The van der Waals surface area contributed by atoms with Crippen molar-refractivity contribution in [2.75, 3.05) is 13.1 Å². The van der Waals surface area contributed by atoms with Crippen molar-refractivity contribution in [2.24, 2.45) is 0 Å². The molecule has 0 saturated carbocycles. The van der Waals surface area contributed by atoms with Gasteiger partial charge in [0.15, 0.2) is 0 Å². The van der Waals surface area contributed by atoms with Crippen LogP contribution in [0.2, 0.25) is 0 Å². The molecule has 0 spiro atoms. The van der Waals surface area contributed by atoms with Gasteiger partial charge in [-0.25, -0.2) is 0 Å². The van der Waals surface area contributed by atoms with Crippen LogP contribution < -0.4 is 0 Å². The van der Waals surface area contributed by atoms with Gasteiger partial charge in [-0.15, -0.1) is 0 Å². The maximum atomic E-state index is 9.11. The molecular weight excluding hydrogens is 214 g/mol. The summed E-state index contributed by atoms with van der Waals surface area (Å²) in [7, 11) is 0. The minimum absolute atomic E-state index is 0.0356. The second-order valence-electron chi connectivity index (χ2n) is 4.71. The highest BCUT2D eigenvalue weighted by atomic mass is 16.3. The topological polar surface area (TPSA) is 41.3 Å². The molecule has 4 heteroatoms. The summed E-state index contributed by atoms with van der Waals surface area (Å²) < 4.78 is 2.04. The zero-order valence-corrected chi connectivity index (χ0v) is 10.7. The van der Waals surface area contributed by atoms with E-state index in [4.69, 9.17) is 5.11 Å². The van der Waals surface area contributed by atoms with Crippen LogP contribution >= 0.6 is 0 Å². The number of nitrogens with zero attached hydrogens (tertiary/aromatic N) is 3. The number of hydrogen-bond acceptors (Lipinski definition) is 3. The predicted octanol–water partition coefficient (Wildman–Crippen LogP) is 1.55. The van der Waals surface area contributed by atoms with Gasteiger partial charge in [-0.3, -0.25) is 9.58 Å². The molecule has 0 fully saturated rings. The van der Waals surface area contributed by atoms with Gasteiger partial charge in [0, 0.05) is 26.2 Å². The fourth-order valence-corrected chi connectivity index (χ4v) is 2.24. The van der Waals surface area contributed by atoms with Crippen molar-refractivity contribution < 1.29 is 5.11 Å². The lowest BCUT2D eigenvalue weighted by Gasteiger charge is -2.19. The van der Waals surface area contributed by atoms with Crippen LogP contribution in [0.4, 0.5) is 0 Å². The number of allylic oxidation sites excluding steroid dienone is 1. The summed E-state index contributed by atoms with van der Waals surface area (Å²) in [4.78, 5) is 2.44. The number of aryl methyl sites for hydroxylation is 1. The van der Waals surface area contributed by atoms with Gasteiger partial charge in [-0.2, -0.15) is 5.10 Å². The second-order valence-corrected chi connectivity index (χ2v) is 4.71. The van der Waals surface area contributed by atoms with Crippen LogP contribution in [-0.2, 0) is 19.7 Å². The van der Waals surface area contributed by atoms with Gasteiger partial charge in [0.2, 0.25) is 0 Å². The van der Waals surface area contributed by atoms with Crippen molar-refractivity contribution in [2.45, 2.75) is 40.0 Å². The van der Waals surface area contributed by atoms with Gasteiger partial charge in [-0.05, 0) is 26.3 Å². The molecule has 1 aromatic rings. The van der Waals surface area contributed by atoms with Crippen LogP contribution in [0.25, 0.3) is 0 Å². The van der Waals surface area contributed by atoms with Gasteiger partial charge < -0.3 is 5.11 Å². The molecule has 0 amide bonds. The minimum Gasteiger partial charge on any atom is -0.390 e. The zero-order chi connectivity index (χ0) is 12.3. The highest BCUT2D eigenvalue weighted by Crippen LogP contribution is 2.14. The molecule has 1 aromatic heterocycles. The SMILES string of the molecule is C/C=C(\C)CN1CCCn2nc(CO)cc2C1. The first-order valence-corrected chi connectivity index (χ1v) is 6.23. The molecule has 2 rings (SSSR count). The number of hydrogen-bond donors (Lipinski definition) is 1. The van der Waals surface area contributed by atoms with E-state index in [9.17, 15) is 0 Å². The van der Waals surface area contributed by atoms with Gasteiger partial charge in [0.05, 0.1) is 18.0 Å². The van der Waals surface area contributed by atoms with E-state index in [1.54, 1.807) is 0 Å². The molecular formula is C13H21N3O. The van der Waals surface area contributed by atoms with Crippen LogP contribution in [0.3, 0.4) is 0 Å². The molecule has 0 aliphatic carbocycles. The molecule has 0 bridgehead atoms. The molecule has 0 unspecified atom stereocenters. The van der Waals surface area contributed by atoms with Crippen LogP contribution in [0.1, 0.15) is 31.7 Å². The first-order valence-electron chi connectivity index (χ1n) is 6.23. The average Bonchev–Trinajstić information content (AvgIpc) is 2.62. The summed E-state index contributed by atoms with van der Waals surface area (Å²) in [5, 5.41) is 13.5. The summed E-state index contributed by atoms with van der Waals surface area (Å²) in [5.41, 5.74) is 3.40. The van der Waals surface area contributed by atoms with Crippen LogP contribution in [0.5, 0.6) is 0 Å². The van der Waals surface area contributed by atoms with Crippen molar-refractivity contribution in [3.8, 4) is 0 Å². The van der Waals surface area contributed by atoms with E-state index in [-0.39, 0.29) is 6.61 Å². The van der Waals surface area contributed by atoms with E-state index < -0.39 is 0 Å². The standard InChI is InChI=1S/C13H21N3O/c1-3-11(2)8-15-5-4-6-16-13(9-15)7-12(10-17)14-16/h3,7,17H,4-6,8-10H2,1-2H3/b11-3+. The van der Waals surface area contributed by atoms with Gasteiger partial charge in [0.1, 0.15) is 0 Å². The molecule has 0 atom stereocenters. The number of aromatic nitrogens is 2. The van der Waals surface area contributed by atoms with Crippen LogP contribution in [0.15, 0.2) is 17.7 Å². The Hall–Kier alpha value is -1.13. The van der Waals surface area contributed by atoms with E-state index in [0.717, 1.165) is 38.3 Å². The highest BCUT2D eigenvalue weighted by molar-refractivity contribution is 5.11. The zero-order valence-electron chi connectivity index (χ0n) is 10.7. The number of rotatable bonds is 3. The van der Waals surface area contributed by atoms with Gasteiger partial charge >= 0.3 is 0 Å². The lowest BCUT2D eigenvalue weighted by molar-refractivity contribution is 0.274. The quantitative estimate of drug-likeness (QED) is 0.808. The summed E-state index contributed by atoms with van der Waals surface area (Å²) in [6.07, 6.45) is 3.29. The van der Waals surface area contributed by atoms with Crippen molar-refractivity contribution in [1.29, 1.82) is 0 Å². The van der Waals surface area contributed by atoms with Crippen LogP contribution in [0, 0.1) is 0 Å². The Morgan fingerprint density at radius 3 is 3.06 bits per heavy atom. The van der Waals surface area contributed by atoms with Crippen molar-refractivity contribution in [1.82, 2.24) is 14.7 Å². The number of aliphatic hydroxyl groups excluding tert-OH is 1. The summed E-state index contributed by atoms with van der Waals surface area (Å²) >= 11 is 0. The number of aliphatic hydroxyl groups is 1. The average molecular weight is 235 g/mol. The molecule has 1 N–H and O–H groups in total. The molecule has 2 heterocycles. The molecule has 1 aliphatic heterocycles. The fraction of sp³-hybridized carbons (Fsp3) is 0.615. The fourth-order valence-electron chi connectivity index (χ4n) is 2.24. The number of fused-ring (bicyclic) bond motifs is 1. The predicted molar refractivity (Wildman–Crippen MR) is 67.5 cm³/mol. The monoisotopic (exact) mass is 235 g/mol. The Morgan fingerprint density at radius 2 is 2.35 bits per heavy atom. The largest absolute Gasteiger partial charge is 0.390 e. The van der Waals surface area contributed by atoms with Crippen molar-refractivity contribution in [3.63, 3.8) is 0 Å². The normalized spacial score (nSPS) is 17.9. The maximum Gasteiger partial charge on any atom is 0.0882 e. The summed E-state index contributed by atoms with van der Waals surface area (Å²) in [6.45, 7) is 8.31. The Morgan fingerprint density at radius 1 is 1.53 bits per heavy atom. The second kappa shape index (κ2) is 5.47. The smallest absolute Gasteiger partial charge is 0.0882 e. The Bertz CT molecular complexity index is 409. The minimum atomic E-state index is 0.0356. The molecule has 4 nitrogen and oxygen atoms in total. The molecule has 0 aromatic carbocycles. The highest BCUT2D eigenvalue weighted by Gasteiger charge is 2.16. The van der Waals surface area contributed by atoms with Gasteiger partial charge in [-0.1, -0.05) is 11.6 Å². The van der Waals surface area contributed by atoms with E-state index in [0.29, 0.717) is 0 Å². The third kappa shape index (κ3) is 2.96. The van der Waals surface area contributed by atoms with Crippen LogP contribution in [-0.4, -0.2) is 32.9 Å². The lowest BCUT2D eigenvalue weighted by atomic mass is 10.2. The molecule has 94 valence electrons. The summed E-state index contributed by atoms with van der Waals surface area (Å²) in [6, 6.07) is 2.02. The summed E-state index contributed by atoms with van der Waals surface area (Å²) in [5.74, 6) is 0. The van der Waals surface area contributed by atoms with E-state index in [1.165, 1.54) is 11.3 Å². The maximum absolute atomic E-state index is 9.11. The van der Waals surface area contributed by atoms with E-state index in [1.807, 2.05) is 10.7 Å². The lowest BCUT2D eigenvalue weighted by Crippen LogP contribution is -2.25. The van der Waals surface area contributed by atoms with Crippen molar-refractivity contribution >= 4 is 0 Å². The Balaban J connectivity index is 2.10. The Kier molecular flexibility index (Phi) is 3.97. The Labute approximate surface area is 103 Å². The van der Waals surface area contributed by atoms with E-state index in [2.05, 4.69) is 29.9 Å². The van der Waals surface area contributed by atoms with E-state index >= 15 is 0 Å². The molecule has 0 saturated heterocycles. The first-order chi connectivity index (χ1) is 8.22. The third-order valence-electron chi connectivity index (χ3n) is 3.27. The van der Waals surface area contributed by atoms with Gasteiger partial charge in [0.25, 0.3) is 0 Å². The first kappa shape index (κ1) is 12.3. The molecule has 0 radical (unpaired) electrons. The molecule has 1 aliphatic rings. The molecule has 17 heavy (non-hydrogen) atoms. The third-order valence-corrected chi connectivity index (χ3v) is 3.27.